The van der Waals surface area contributed by atoms with Crippen LogP contribution in [0.25, 0.3) is 5.57 Å². The molecule has 0 saturated carbocycles. The molecule has 1 aromatic carbocycles. The van der Waals surface area contributed by atoms with Crippen LogP contribution >= 0.6 is 0 Å². The SMILES string of the molecule is C=C(CC)c1cc(OC(=O)N2CCC(N3CCCCC3)CC2)ccc1/N=C1\CCn2c1cc1c(c2=O)COC(=O)[C@]1(O)CC. The van der Waals surface area contributed by atoms with E-state index in [0.29, 0.717) is 72.5 Å². The minimum Gasteiger partial charge on any atom is -0.458 e. The van der Waals surface area contributed by atoms with Gasteiger partial charge in [-0.1, -0.05) is 26.8 Å². The number of hydrogen-bond donors (Lipinski definition) is 1. The highest BCUT2D eigenvalue weighted by Crippen LogP contribution is 2.36. The van der Waals surface area contributed by atoms with Crippen LogP contribution in [0.2, 0.25) is 0 Å². The first-order valence-corrected chi connectivity index (χ1v) is 16.0. The van der Waals surface area contributed by atoms with Gasteiger partial charge < -0.3 is 28.9 Å². The third kappa shape index (κ3) is 5.49. The molecule has 0 bridgehead atoms. The Hall–Kier alpha value is -3.76. The van der Waals surface area contributed by atoms with E-state index in [9.17, 15) is 19.5 Å². The van der Waals surface area contributed by atoms with Crippen molar-refractivity contribution in [1.82, 2.24) is 14.4 Å². The number of ether oxygens (including phenoxy) is 2. The van der Waals surface area contributed by atoms with Crippen molar-refractivity contribution in [3.05, 3.63) is 63.6 Å². The maximum Gasteiger partial charge on any atom is 0.415 e. The summed E-state index contributed by atoms with van der Waals surface area (Å²) >= 11 is 0. The van der Waals surface area contributed by atoms with Gasteiger partial charge in [0.1, 0.15) is 12.4 Å². The molecular formula is C34H42N4O6. The Labute approximate surface area is 258 Å². The van der Waals surface area contributed by atoms with E-state index in [-0.39, 0.29) is 24.7 Å². The van der Waals surface area contributed by atoms with Crippen LogP contribution in [0.5, 0.6) is 5.75 Å². The zero-order chi connectivity index (χ0) is 31.0. The first kappa shape index (κ1) is 30.3. The normalized spacial score (nSPS) is 23.3. The van der Waals surface area contributed by atoms with Gasteiger partial charge in [-0.05, 0) is 81.5 Å². The fraction of sp³-hybridized carbons (Fsp3) is 0.529. The summed E-state index contributed by atoms with van der Waals surface area (Å²) in [7, 11) is 0. The maximum atomic E-state index is 13.3. The van der Waals surface area contributed by atoms with Crippen LogP contribution in [-0.2, 0) is 28.3 Å². The van der Waals surface area contributed by atoms with Gasteiger partial charge in [0.15, 0.2) is 5.60 Å². The lowest BCUT2D eigenvalue weighted by molar-refractivity contribution is -0.172. The van der Waals surface area contributed by atoms with E-state index in [1.807, 2.05) is 19.1 Å². The number of benzene rings is 1. The molecule has 0 aliphatic carbocycles. The number of nitrogens with zero attached hydrogens (tertiary/aromatic N) is 4. The molecule has 5 heterocycles. The van der Waals surface area contributed by atoms with Crippen LogP contribution < -0.4 is 10.3 Å². The molecule has 4 aliphatic rings. The van der Waals surface area contributed by atoms with Gasteiger partial charge >= 0.3 is 12.1 Å². The largest absolute Gasteiger partial charge is 0.458 e. The number of cyclic esters (lactones) is 1. The van der Waals surface area contributed by atoms with Crippen molar-refractivity contribution in [2.24, 2.45) is 4.99 Å². The lowest BCUT2D eigenvalue weighted by Crippen LogP contribution is -2.48. The summed E-state index contributed by atoms with van der Waals surface area (Å²) in [6.45, 7) is 11.9. The molecule has 2 aromatic rings. The highest BCUT2D eigenvalue weighted by molar-refractivity contribution is 6.03. The summed E-state index contributed by atoms with van der Waals surface area (Å²) in [5.41, 5.74) is 1.96. The Kier molecular flexibility index (Phi) is 8.48. The van der Waals surface area contributed by atoms with Crippen LogP contribution in [-0.4, -0.2) is 69.5 Å². The van der Waals surface area contributed by atoms with Gasteiger partial charge in [-0.2, -0.15) is 0 Å². The molecule has 0 spiro atoms. The molecule has 1 amide bonds. The van der Waals surface area contributed by atoms with E-state index in [0.717, 1.165) is 37.1 Å². The molecule has 4 aliphatic heterocycles. The van der Waals surface area contributed by atoms with Gasteiger partial charge in [0.05, 0.1) is 22.7 Å². The molecule has 10 nitrogen and oxygen atoms in total. The topological polar surface area (TPSA) is 114 Å². The van der Waals surface area contributed by atoms with Crippen molar-refractivity contribution in [2.45, 2.75) is 90.0 Å². The average molecular weight is 603 g/mol. The van der Waals surface area contributed by atoms with E-state index in [2.05, 4.69) is 11.5 Å². The van der Waals surface area contributed by atoms with Crippen LogP contribution in [0, 0.1) is 0 Å². The summed E-state index contributed by atoms with van der Waals surface area (Å²) in [5, 5.41) is 11.1. The summed E-state index contributed by atoms with van der Waals surface area (Å²) in [6, 6.07) is 7.62. The van der Waals surface area contributed by atoms with Crippen molar-refractivity contribution in [1.29, 1.82) is 0 Å². The Morgan fingerprint density at radius 1 is 1.09 bits per heavy atom. The minimum atomic E-state index is -1.87. The van der Waals surface area contributed by atoms with Crippen molar-refractivity contribution in [3.8, 4) is 5.75 Å². The number of allylic oxidation sites excluding steroid dienone is 1. The summed E-state index contributed by atoms with van der Waals surface area (Å²) in [4.78, 5) is 48.3. The number of likely N-dealkylation sites (tertiary alicyclic amines) is 2. The standard InChI is InChI=1S/C34H42N4O6/c1-4-22(3)25-19-24(44-33(41)37-16-11-23(12-17-37)36-14-7-6-8-15-36)9-10-28(25)35-29-13-18-38-30(29)20-27-26(31(38)39)21-43-32(40)34(27,42)5-2/h9-10,19-20,23,42H,3-8,11-18,21H2,1-2H3/b35-29+/t34-/m0/s1. The van der Waals surface area contributed by atoms with Gasteiger partial charge in [-0.25, -0.2) is 9.59 Å². The average Bonchev–Trinajstić information content (AvgIpc) is 3.46. The number of amides is 1. The number of rotatable bonds is 6. The Balaban J connectivity index is 1.23. The molecule has 10 heteroatoms. The molecule has 2 fully saturated rings. The van der Waals surface area contributed by atoms with Gasteiger partial charge in [-0.3, -0.25) is 9.79 Å². The number of piperidine rings is 2. The first-order valence-electron chi connectivity index (χ1n) is 16.0. The Morgan fingerprint density at radius 2 is 1.84 bits per heavy atom. The number of aliphatic imine (C=N–C) groups is 1. The molecule has 0 radical (unpaired) electrons. The lowest BCUT2D eigenvalue weighted by atomic mass is 9.86. The van der Waals surface area contributed by atoms with Gasteiger partial charge in [0, 0.05) is 43.2 Å². The number of pyridine rings is 1. The van der Waals surface area contributed by atoms with E-state index in [4.69, 9.17) is 14.5 Å². The minimum absolute atomic E-state index is 0.0886. The third-order valence-electron chi connectivity index (χ3n) is 9.78. The molecule has 44 heavy (non-hydrogen) atoms. The number of carbonyl (C=O) groups is 2. The van der Waals surface area contributed by atoms with Crippen LogP contribution in [0.1, 0.15) is 87.6 Å². The zero-order valence-corrected chi connectivity index (χ0v) is 25.8. The molecule has 234 valence electrons. The molecule has 1 N–H and O–H groups in total. The second kappa shape index (κ2) is 12.3. The van der Waals surface area contributed by atoms with Crippen molar-refractivity contribution in [3.63, 3.8) is 0 Å². The van der Waals surface area contributed by atoms with E-state index >= 15 is 0 Å². The zero-order valence-electron chi connectivity index (χ0n) is 25.8. The Bertz CT molecular complexity index is 1560. The van der Waals surface area contributed by atoms with Crippen molar-refractivity contribution >= 4 is 29.0 Å². The van der Waals surface area contributed by atoms with E-state index in [1.54, 1.807) is 28.5 Å². The quantitative estimate of drug-likeness (QED) is 0.468. The lowest BCUT2D eigenvalue weighted by Gasteiger charge is -2.39. The van der Waals surface area contributed by atoms with Gasteiger partial charge in [0.25, 0.3) is 5.56 Å². The number of carbonyl (C=O) groups excluding carboxylic acids is 2. The van der Waals surface area contributed by atoms with Gasteiger partial charge in [-0.15, -0.1) is 0 Å². The third-order valence-corrected chi connectivity index (χ3v) is 9.78. The number of aliphatic hydroxyl groups is 1. The number of hydrogen-bond acceptors (Lipinski definition) is 8. The summed E-state index contributed by atoms with van der Waals surface area (Å²) < 4.78 is 12.6. The molecular weight excluding hydrogens is 560 g/mol. The Morgan fingerprint density at radius 3 is 2.55 bits per heavy atom. The molecule has 0 unspecified atom stereocenters. The monoisotopic (exact) mass is 602 g/mol. The fourth-order valence-electron chi connectivity index (χ4n) is 6.98. The molecule has 6 rings (SSSR count). The molecule has 1 atom stereocenters. The van der Waals surface area contributed by atoms with Gasteiger partial charge in [0.2, 0.25) is 0 Å². The predicted molar refractivity (Wildman–Crippen MR) is 167 cm³/mol. The highest BCUT2D eigenvalue weighted by Gasteiger charge is 2.45. The summed E-state index contributed by atoms with van der Waals surface area (Å²) in [6.07, 6.45) is 6.71. The predicted octanol–water partition coefficient (Wildman–Crippen LogP) is 4.90. The number of esters is 1. The first-order chi connectivity index (χ1) is 21.2. The second-order valence-electron chi connectivity index (χ2n) is 12.3. The highest BCUT2D eigenvalue weighted by atomic mass is 16.6. The van der Waals surface area contributed by atoms with E-state index in [1.165, 1.54) is 19.3 Å². The fourth-order valence-corrected chi connectivity index (χ4v) is 6.98. The van der Waals surface area contributed by atoms with Crippen LogP contribution in [0.3, 0.4) is 0 Å². The summed E-state index contributed by atoms with van der Waals surface area (Å²) in [5.74, 6) is -0.309. The number of aromatic nitrogens is 1. The van der Waals surface area contributed by atoms with E-state index < -0.39 is 11.6 Å². The van der Waals surface area contributed by atoms with Crippen LogP contribution in [0.15, 0.2) is 40.6 Å². The molecule has 2 saturated heterocycles. The smallest absolute Gasteiger partial charge is 0.415 e. The number of fused-ring (bicyclic) bond motifs is 2. The van der Waals surface area contributed by atoms with Crippen LogP contribution in [0.4, 0.5) is 10.5 Å². The van der Waals surface area contributed by atoms with Crippen molar-refractivity contribution in [2.75, 3.05) is 26.2 Å². The molecule has 1 aromatic heterocycles. The maximum absolute atomic E-state index is 13.3. The second-order valence-corrected chi connectivity index (χ2v) is 12.3. The van der Waals surface area contributed by atoms with Crippen molar-refractivity contribution < 1.29 is 24.2 Å².